The lowest BCUT2D eigenvalue weighted by Gasteiger charge is -2.26. The predicted octanol–water partition coefficient (Wildman–Crippen LogP) is 16.3. The average molecular weight is 1030 g/mol. The van der Waals surface area contributed by atoms with Crippen molar-refractivity contribution in [3.8, 4) is 34.5 Å². The van der Waals surface area contributed by atoms with Gasteiger partial charge in [0.05, 0.1) is 54.0 Å². The van der Waals surface area contributed by atoms with E-state index in [9.17, 15) is 0 Å². The maximum atomic E-state index is 6.39. The summed E-state index contributed by atoms with van der Waals surface area (Å²) in [5, 5.41) is 10.3. The summed E-state index contributed by atoms with van der Waals surface area (Å²) in [6, 6.07) is 27.4. The van der Waals surface area contributed by atoms with Crippen molar-refractivity contribution < 1.29 is 28.4 Å². The molecule has 0 amide bonds. The van der Waals surface area contributed by atoms with Crippen LogP contribution in [-0.2, 0) is 85.9 Å². The molecule has 0 heterocycles. The van der Waals surface area contributed by atoms with Crippen LogP contribution in [0.1, 0.15) is 172 Å². The number of ether oxygens (including phenoxy) is 6. The van der Waals surface area contributed by atoms with Gasteiger partial charge in [0.2, 0.25) is 0 Å². The van der Waals surface area contributed by atoms with Gasteiger partial charge in [-0.25, -0.2) is 0 Å². The number of aryl methyl sites for hydroxylation is 8. The van der Waals surface area contributed by atoms with Crippen molar-refractivity contribution in [1.82, 2.24) is 0 Å². The summed E-state index contributed by atoms with van der Waals surface area (Å²) in [5.74, 6) is 5.48. The van der Waals surface area contributed by atoms with E-state index in [1.54, 1.807) is 42.7 Å². The molecule has 12 bridgehead atoms. The average Bonchev–Trinajstić information content (AvgIpc) is 3.35. The molecule has 0 N–H and O–H groups in total. The normalized spacial score (nSPS) is 14.4. The Morgan fingerprint density at radius 2 is 0.408 bits per heavy atom. The monoisotopic (exact) mass is 1030 g/mol. The van der Waals surface area contributed by atoms with Gasteiger partial charge in [0.1, 0.15) is 34.5 Å². The van der Waals surface area contributed by atoms with E-state index in [0.29, 0.717) is 12.8 Å². The summed E-state index contributed by atoms with van der Waals surface area (Å²) in [5.41, 5.74) is 20.0. The van der Waals surface area contributed by atoms with Crippen molar-refractivity contribution >= 4 is 11.4 Å². The molecule has 8 rings (SSSR count). The lowest BCUT2D eigenvalue weighted by molar-refractivity contribution is 0.395. The number of fused-ring (bicyclic) bond motifs is 12. The third-order valence-electron chi connectivity index (χ3n) is 15.8. The molecule has 6 aromatic carbocycles. The second-order valence-electron chi connectivity index (χ2n) is 25.5. The molecule has 6 aromatic rings. The van der Waals surface area contributed by atoms with Gasteiger partial charge in [0.25, 0.3) is 0 Å². The molecule has 2 aliphatic carbocycles. The maximum absolute atomic E-state index is 6.39. The molecule has 0 aromatic heterocycles. The van der Waals surface area contributed by atoms with Crippen LogP contribution in [-0.4, -0.2) is 42.7 Å². The van der Waals surface area contributed by atoms with Gasteiger partial charge in [-0.15, -0.1) is 0 Å². The van der Waals surface area contributed by atoms with E-state index in [2.05, 4.69) is 156 Å². The number of benzene rings is 6. The van der Waals surface area contributed by atoms with Crippen LogP contribution < -0.4 is 28.4 Å². The smallest absolute Gasteiger partial charge is 0.125 e. The Bertz CT molecular complexity index is 2750. The van der Waals surface area contributed by atoms with Crippen LogP contribution in [0, 0.1) is 0 Å². The Balaban J connectivity index is 1.28. The van der Waals surface area contributed by atoms with Crippen LogP contribution in [0.25, 0.3) is 0 Å². The zero-order chi connectivity index (χ0) is 55.1. The molecular weight excluding hydrogens is 941 g/mol. The number of azo groups is 1. The molecule has 0 aliphatic heterocycles. The van der Waals surface area contributed by atoms with E-state index in [1.807, 2.05) is 0 Å². The maximum Gasteiger partial charge on any atom is 0.125 e. The topological polar surface area (TPSA) is 80.1 Å². The SMILES string of the molecule is COc1c2cc(N=Nc3cc4c(OC)c(c3)CCc3cc(C(C)(C)C)cc(c3OC)Cc3cc(C(C)(C)C)cc(c3OC)CC4)cc1CCc1cc(C(C)(C)C)cc(c1OC)Cc1cc(C(C)(C)C)cc(c1OC)CC2. The Hall–Kier alpha value is -6.28. The molecule has 0 saturated heterocycles. The quantitative estimate of drug-likeness (QED) is 0.141. The largest absolute Gasteiger partial charge is 0.496 e. The third-order valence-corrected chi connectivity index (χ3v) is 15.8. The van der Waals surface area contributed by atoms with Gasteiger partial charge in [-0.05, 0) is 186 Å². The molecule has 8 heteroatoms. The highest BCUT2D eigenvalue weighted by molar-refractivity contribution is 5.60. The Labute approximate surface area is 456 Å². The first-order chi connectivity index (χ1) is 35.9. The molecule has 0 atom stereocenters. The summed E-state index contributed by atoms with van der Waals surface area (Å²) >= 11 is 0. The number of hydrogen-bond acceptors (Lipinski definition) is 8. The van der Waals surface area contributed by atoms with Gasteiger partial charge < -0.3 is 28.4 Å². The second kappa shape index (κ2) is 22.0. The summed E-state index contributed by atoms with van der Waals surface area (Å²) in [7, 11) is 10.8. The molecular formula is C68H86N2O6. The summed E-state index contributed by atoms with van der Waals surface area (Å²) < 4.78 is 38.3. The van der Waals surface area contributed by atoms with Crippen LogP contribution in [0.2, 0.25) is 0 Å². The van der Waals surface area contributed by atoms with Crippen molar-refractivity contribution in [2.24, 2.45) is 10.2 Å². The van der Waals surface area contributed by atoms with Gasteiger partial charge in [-0.1, -0.05) is 132 Å². The Kier molecular flexibility index (Phi) is 16.2. The standard InChI is InChI=1S/C68H86N2O6/c1-65(2,3)53-29-41-19-23-45-37-57(38-46(59(45)71-13)24-20-42-30-54(66(4,5)6)34-50(62(42)74-16)27-49(33-53)61(41)73-15)69-70-58-39-47-25-21-43-31-55(67(7,8)9)35-51(63(43)75-17)28-52-36-56(68(10,11)12)32-44(64(52)76-18)22-26-48(40-58)60(47)72-14/h29-40H,19-28H2,1-18H3. The number of rotatable bonds is 8. The van der Waals surface area contributed by atoms with Crippen LogP contribution in [0.4, 0.5) is 11.4 Å². The van der Waals surface area contributed by atoms with E-state index in [1.165, 1.54) is 66.8 Å². The highest BCUT2D eigenvalue weighted by atomic mass is 16.5. The fraction of sp³-hybridized carbons (Fsp3) is 0.471. The summed E-state index contributed by atoms with van der Waals surface area (Å²) in [6.45, 7) is 27.4. The van der Waals surface area contributed by atoms with E-state index in [-0.39, 0.29) is 21.7 Å². The first-order valence-corrected chi connectivity index (χ1v) is 27.5. The van der Waals surface area contributed by atoms with Crippen molar-refractivity contribution in [1.29, 1.82) is 0 Å². The van der Waals surface area contributed by atoms with E-state index >= 15 is 0 Å². The second-order valence-corrected chi connectivity index (χ2v) is 25.5. The molecule has 0 saturated carbocycles. The lowest BCUT2D eigenvalue weighted by atomic mass is 9.81. The van der Waals surface area contributed by atoms with Crippen LogP contribution in [0.3, 0.4) is 0 Å². The van der Waals surface area contributed by atoms with Crippen LogP contribution in [0.5, 0.6) is 34.5 Å². The molecule has 0 spiro atoms. The van der Waals surface area contributed by atoms with E-state index in [0.717, 1.165) is 119 Å². The predicted molar refractivity (Wildman–Crippen MR) is 312 cm³/mol. The highest BCUT2D eigenvalue weighted by Crippen LogP contribution is 2.44. The molecule has 8 nitrogen and oxygen atoms in total. The van der Waals surface area contributed by atoms with Crippen LogP contribution >= 0.6 is 0 Å². The summed E-state index contributed by atoms with van der Waals surface area (Å²) in [4.78, 5) is 0. The van der Waals surface area contributed by atoms with Crippen molar-refractivity contribution in [3.63, 3.8) is 0 Å². The minimum atomic E-state index is -0.0777. The molecule has 0 unspecified atom stereocenters. The van der Waals surface area contributed by atoms with Crippen molar-refractivity contribution in [3.05, 3.63) is 162 Å². The zero-order valence-electron chi connectivity index (χ0n) is 49.3. The first-order valence-electron chi connectivity index (χ1n) is 27.5. The fourth-order valence-corrected chi connectivity index (χ4v) is 11.5. The number of hydrogen-bond donors (Lipinski definition) is 0. The Morgan fingerprint density at radius 1 is 0.250 bits per heavy atom. The first kappa shape index (κ1) is 55.9. The molecule has 404 valence electrons. The van der Waals surface area contributed by atoms with Gasteiger partial charge in [-0.2, -0.15) is 10.2 Å². The highest BCUT2D eigenvalue weighted by Gasteiger charge is 2.28. The number of methoxy groups -OCH3 is 6. The fourth-order valence-electron chi connectivity index (χ4n) is 11.5. The molecule has 0 radical (unpaired) electrons. The molecule has 0 fully saturated rings. The zero-order valence-corrected chi connectivity index (χ0v) is 49.3. The van der Waals surface area contributed by atoms with E-state index < -0.39 is 0 Å². The molecule has 76 heavy (non-hydrogen) atoms. The Morgan fingerprint density at radius 3 is 0.579 bits per heavy atom. The minimum absolute atomic E-state index is 0.0777. The van der Waals surface area contributed by atoms with E-state index in [4.69, 9.17) is 38.6 Å². The number of nitrogens with zero attached hydrogens (tertiary/aromatic N) is 2. The minimum Gasteiger partial charge on any atom is -0.496 e. The van der Waals surface area contributed by atoms with Crippen molar-refractivity contribution in [2.45, 2.75) is 169 Å². The van der Waals surface area contributed by atoms with Gasteiger partial charge >= 0.3 is 0 Å². The van der Waals surface area contributed by atoms with Gasteiger partial charge in [-0.3, -0.25) is 0 Å². The third kappa shape index (κ3) is 12.0. The molecule has 2 aliphatic rings. The lowest BCUT2D eigenvalue weighted by Crippen LogP contribution is -2.15. The summed E-state index contributed by atoms with van der Waals surface area (Å²) in [6.07, 6.45) is 7.32. The van der Waals surface area contributed by atoms with Crippen molar-refractivity contribution in [2.75, 3.05) is 42.7 Å². The van der Waals surface area contributed by atoms with Gasteiger partial charge in [0.15, 0.2) is 0 Å². The van der Waals surface area contributed by atoms with Gasteiger partial charge in [0, 0.05) is 12.8 Å². The van der Waals surface area contributed by atoms with Crippen LogP contribution in [0.15, 0.2) is 83.0 Å².